The first kappa shape index (κ1) is 14.5. The van der Waals surface area contributed by atoms with E-state index in [9.17, 15) is 0 Å². The lowest BCUT2D eigenvalue weighted by Crippen LogP contribution is -2.43. The Hall–Kier alpha value is 0.507. The minimum Gasteiger partial charge on any atom is -0.119 e. The van der Waals surface area contributed by atoms with Gasteiger partial charge in [0.25, 0.3) is 0 Å². The van der Waals surface area contributed by atoms with Crippen LogP contribution in [0, 0.1) is 12.3 Å². The number of rotatable bonds is 7. The standard InChI is InChI=1S/C12H23ISi/c1-5-9-14(10-6-2,11-7-3)12(13)8-4/h4,12H,5-7,9-11H2,1-3H3. The van der Waals surface area contributed by atoms with E-state index in [1.165, 1.54) is 37.4 Å². The highest BCUT2D eigenvalue weighted by atomic mass is 127. The first-order valence-corrected chi connectivity index (χ1v) is 9.71. The zero-order valence-electron chi connectivity index (χ0n) is 9.78. The largest absolute Gasteiger partial charge is 0.119 e. The van der Waals surface area contributed by atoms with Crippen LogP contribution in [0.2, 0.25) is 18.1 Å². The molecule has 82 valence electrons. The normalized spacial score (nSPS) is 13.6. The van der Waals surface area contributed by atoms with Gasteiger partial charge in [0.05, 0.1) is 11.6 Å². The molecule has 0 amide bonds. The summed E-state index contributed by atoms with van der Waals surface area (Å²) in [5.41, 5.74) is 0. The van der Waals surface area contributed by atoms with Gasteiger partial charge in [0, 0.05) is 0 Å². The minimum absolute atomic E-state index is 0.542. The Morgan fingerprint density at radius 2 is 1.43 bits per heavy atom. The Morgan fingerprint density at radius 1 is 1.07 bits per heavy atom. The smallest absolute Gasteiger partial charge is 0.0827 e. The van der Waals surface area contributed by atoms with E-state index in [4.69, 9.17) is 6.42 Å². The highest BCUT2D eigenvalue weighted by Crippen LogP contribution is 2.33. The lowest BCUT2D eigenvalue weighted by molar-refractivity contribution is 0.918. The fourth-order valence-corrected chi connectivity index (χ4v) is 10.1. The molecule has 0 rings (SSSR count). The zero-order valence-corrected chi connectivity index (χ0v) is 12.9. The van der Waals surface area contributed by atoms with Crippen molar-refractivity contribution in [2.75, 3.05) is 0 Å². The summed E-state index contributed by atoms with van der Waals surface area (Å²) in [6, 6.07) is 4.27. The Bertz CT molecular complexity index is 166. The molecule has 14 heavy (non-hydrogen) atoms. The third-order valence-corrected chi connectivity index (χ3v) is 13.0. The lowest BCUT2D eigenvalue weighted by Gasteiger charge is -2.33. The molecule has 0 aromatic rings. The van der Waals surface area contributed by atoms with Crippen molar-refractivity contribution in [1.82, 2.24) is 0 Å². The molecule has 0 radical (unpaired) electrons. The molecule has 0 aliphatic rings. The highest BCUT2D eigenvalue weighted by Gasteiger charge is 2.36. The van der Waals surface area contributed by atoms with E-state index >= 15 is 0 Å². The molecule has 0 aliphatic heterocycles. The van der Waals surface area contributed by atoms with Gasteiger partial charge in [-0.1, -0.05) is 86.7 Å². The van der Waals surface area contributed by atoms with Crippen LogP contribution in [0.15, 0.2) is 0 Å². The second kappa shape index (κ2) is 7.75. The summed E-state index contributed by atoms with van der Waals surface area (Å²) in [6.45, 7) is 6.90. The van der Waals surface area contributed by atoms with E-state index in [1.807, 2.05) is 0 Å². The molecule has 0 aliphatic carbocycles. The number of alkyl halides is 1. The van der Waals surface area contributed by atoms with Crippen molar-refractivity contribution in [2.45, 2.75) is 61.7 Å². The highest BCUT2D eigenvalue weighted by molar-refractivity contribution is 14.1. The van der Waals surface area contributed by atoms with E-state index in [0.717, 1.165) is 0 Å². The summed E-state index contributed by atoms with van der Waals surface area (Å²) in [5, 5.41) is 0. The molecule has 0 fully saturated rings. The van der Waals surface area contributed by atoms with E-state index in [-0.39, 0.29) is 0 Å². The van der Waals surface area contributed by atoms with Crippen molar-refractivity contribution < 1.29 is 0 Å². The fourth-order valence-electron chi connectivity index (χ4n) is 2.43. The molecule has 0 aromatic heterocycles. The van der Waals surface area contributed by atoms with Gasteiger partial charge in [-0.25, -0.2) is 0 Å². The van der Waals surface area contributed by atoms with Gasteiger partial charge in [-0.05, 0) is 0 Å². The Morgan fingerprint density at radius 3 is 1.64 bits per heavy atom. The molecule has 0 saturated heterocycles. The SMILES string of the molecule is C#CC(I)[Si](CCC)(CCC)CCC. The quantitative estimate of drug-likeness (QED) is 0.277. The van der Waals surface area contributed by atoms with E-state index < -0.39 is 8.07 Å². The molecule has 2 heteroatoms. The third kappa shape index (κ3) is 3.94. The van der Waals surface area contributed by atoms with Crippen molar-refractivity contribution in [3.05, 3.63) is 0 Å². The van der Waals surface area contributed by atoms with Crippen LogP contribution >= 0.6 is 22.6 Å². The number of hydrogen-bond donors (Lipinski definition) is 0. The maximum absolute atomic E-state index is 5.63. The summed E-state index contributed by atoms with van der Waals surface area (Å²) in [4.78, 5) is 0. The van der Waals surface area contributed by atoms with Crippen molar-refractivity contribution in [3.8, 4) is 12.3 Å². The molecular formula is C12H23ISi. The maximum atomic E-state index is 5.63. The summed E-state index contributed by atoms with van der Waals surface area (Å²) < 4.78 is 0.542. The summed E-state index contributed by atoms with van der Waals surface area (Å²) in [5.74, 6) is 3.01. The summed E-state index contributed by atoms with van der Waals surface area (Å²) in [6.07, 6.45) is 9.56. The zero-order chi connectivity index (χ0) is 11.0. The van der Waals surface area contributed by atoms with Gasteiger partial charge in [-0.15, -0.1) is 6.42 Å². The average Bonchev–Trinajstić information content (AvgIpc) is 2.17. The van der Waals surface area contributed by atoms with Crippen LogP contribution in [0.3, 0.4) is 0 Å². The summed E-state index contributed by atoms with van der Waals surface area (Å²) in [7, 11) is -1.15. The van der Waals surface area contributed by atoms with E-state index in [1.54, 1.807) is 0 Å². The molecule has 1 unspecified atom stereocenters. The molecule has 0 aromatic carbocycles. The third-order valence-electron chi connectivity index (χ3n) is 2.93. The molecule has 0 saturated carbocycles. The monoisotopic (exact) mass is 322 g/mol. The number of halogens is 1. The first-order valence-electron chi connectivity index (χ1n) is 5.77. The predicted molar refractivity (Wildman–Crippen MR) is 77.7 cm³/mol. The van der Waals surface area contributed by atoms with Crippen molar-refractivity contribution in [1.29, 1.82) is 0 Å². The Labute approximate surface area is 104 Å². The van der Waals surface area contributed by atoms with Gasteiger partial charge < -0.3 is 0 Å². The Kier molecular flexibility index (Phi) is 8.03. The minimum atomic E-state index is -1.15. The lowest BCUT2D eigenvalue weighted by atomic mass is 10.5. The molecule has 0 nitrogen and oxygen atoms in total. The van der Waals surface area contributed by atoms with E-state index in [0.29, 0.717) is 3.55 Å². The molecule has 0 N–H and O–H groups in total. The molecule has 1 atom stereocenters. The molecule has 0 bridgehead atoms. The van der Waals surface area contributed by atoms with Crippen LogP contribution in [0.25, 0.3) is 0 Å². The molecule has 0 spiro atoms. The Balaban J connectivity index is 4.64. The average molecular weight is 322 g/mol. The second-order valence-corrected chi connectivity index (χ2v) is 11.4. The van der Waals surface area contributed by atoms with Gasteiger partial charge in [-0.3, -0.25) is 0 Å². The van der Waals surface area contributed by atoms with Gasteiger partial charge in [0.1, 0.15) is 0 Å². The van der Waals surface area contributed by atoms with Crippen LogP contribution in [-0.2, 0) is 0 Å². The van der Waals surface area contributed by atoms with E-state index in [2.05, 4.69) is 49.3 Å². The predicted octanol–water partition coefficient (Wildman–Crippen LogP) is 4.64. The van der Waals surface area contributed by atoms with Crippen molar-refractivity contribution in [2.24, 2.45) is 0 Å². The molecule has 0 heterocycles. The van der Waals surface area contributed by atoms with Crippen LogP contribution in [0.5, 0.6) is 0 Å². The van der Waals surface area contributed by atoms with Crippen LogP contribution in [0.1, 0.15) is 40.0 Å². The van der Waals surface area contributed by atoms with Gasteiger partial charge in [-0.2, -0.15) is 0 Å². The molecular weight excluding hydrogens is 299 g/mol. The van der Waals surface area contributed by atoms with Gasteiger partial charge >= 0.3 is 0 Å². The van der Waals surface area contributed by atoms with Gasteiger partial charge in [0.2, 0.25) is 0 Å². The number of terminal acetylenes is 1. The topological polar surface area (TPSA) is 0 Å². The van der Waals surface area contributed by atoms with Crippen LogP contribution in [-0.4, -0.2) is 11.6 Å². The van der Waals surface area contributed by atoms with Crippen LogP contribution < -0.4 is 0 Å². The fraction of sp³-hybridized carbons (Fsp3) is 0.833. The van der Waals surface area contributed by atoms with Crippen molar-refractivity contribution in [3.63, 3.8) is 0 Å². The van der Waals surface area contributed by atoms with Crippen molar-refractivity contribution >= 4 is 30.7 Å². The first-order chi connectivity index (χ1) is 6.66. The summed E-state index contributed by atoms with van der Waals surface area (Å²) >= 11 is 2.52. The van der Waals surface area contributed by atoms with Crippen LogP contribution in [0.4, 0.5) is 0 Å². The van der Waals surface area contributed by atoms with Gasteiger partial charge in [0.15, 0.2) is 0 Å². The number of hydrogen-bond acceptors (Lipinski definition) is 0. The maximum Gasteiger partial charge on any atom is 0.0827 e. The second-order valence-electron chi connectivity index (χ2n) is 4.14.